The monoisotopic (exact) mass is 317 g/mol. The molecule has 0 bridgehead atoms. The van der Waals surface area contributed by atoms with Gasteiger partial charge in [0, 0.05) is 13.1 Å². The Morgan fingerprint density at radius 1 is 1.17 bits per heavy atom. The van der Waals surface area contributed by atoms with E-state index >= 15 is 0 Å². The third-order valence-corrected chi connectivity index (χ3v) is 5.24. The highest BCUT2D eigenvalue weighted by Crippen LogP contribution is 2.35. The van der Waals surface area contributed by atoms with Crippen LogP contribution in [-0.4, -0.2) is 35.0 Å². The molecule has 1 aliphatic heterocycles. The van der Waals surface area contributed by atoms with Gasteiger partial charge in [-0.05, 0) is 30.7 Å². The fourth-order valence-corrected chi connectivity index (χ4v) is 3.84. The van der Waals surface area contributed by atoms with Gasteiger partial charge in [-0.3, -0.25) is 9.59 Å². The smallest absolute Gasteiger partial charge is 0.308 e. The quantitative estimate of drug-likeness (QED) is 0.906. The number of carboxylic acid groups (broad SMARTS) is 1. The van der Waals surface area contributed by atoms with Gasteiger partial charge in [0.2, 0.25) is 5.91 Å². The topological polar surface area (TPSA) is 57.6 Å². The molecule has 4 heteroatoms. The maximum absolute atomic E-state index is 13.3. The van der Waals surface area contributed by atoms with Gasteiger partial charge in [-0.25, -0.2) is 0 Å². The molecule has 2 rings (SSSR count). The summed E-state index contributed by atoms with van der Waals surface area (Å²) in [5.74, 6) is -0.958. The molecule has 4 nitrogen and oxygen atoms in total. The molecule has 0 saturated carbocycles. The Hall–Kier alpha value is -1.84. The number of benzene rings is 1. The molecule has 0 aliphatic carbocycles. The average Bonchev–Trinajstić information content (AvgIpc) is 2.56. The SMILES string of the molecule is CCC(CC)(C(=O)N1CC(C)CC(C(=O)O)C1)c1ccccc1. The molecule has 1 aromatic rings. The van der Waals surface area contributed by atoms with E-state index in [1.165, 1.54) is 0 Å². The van der Waals surface area contributed by atoms with Gasteiger partial charge in [0.25, 0.3) is 0 Å². The first-order valence-electron chi connectivity index (χ1n) is 8.52. The second-order valence-electron chi connectivity index (χ2n) is 6.74. The van der Waals surface area contributed by atoms with Crippen LogP contribution in [0.4, 0.5) is 0 Å². The number of carbonyl (C=O) groups is 2. The second-order valence-corrected chi connectivity index (χ2v) is 6.74. The predicted molar refractivity (Wildman–Crippen MR) is 90.2 cm³/mol. The Bertz CT molecular complexity index is 551. The molecule has 1 aromatic carbocycles. The van der Waals surface area contributed by atoms with E-state index in [-0.39, 0.29) is 11.8 Å². The maximum atomic E-state index is 13.3. The van der Waals surface area contributed by atoms with Crippen molar-refractivity contribution in [3.05, 3.63) is 35.9 Å². The summed E-state index contributed by atoms with van der Waals surface area (Å²) in [6.45, 7) is 7.08. The molecule has 2 atom stereocenters. The fraction of sp³-hybridized carbons (Fsp3) is 0.579. The number of hydrogen-bond donors (Lipinski definition) is 1. The zero-order valence-corrected chi connectivity index (χ0v) is 14.3. The normalized spacial score (nSPS) is 22.0. The number of carbonyl (C=O) groups excluding carboxylic acids is 1. The molecule has 1 saturated heterocycles. The van der Waals surface area contributed by atoms with Crippen LogP contribution in [0.5, 0.6) is 0 Å². The third kappa shape index (κ3) is 3.41. The van der Waals surface area contributed by atoms with Crippen molar-refractivity contribution in [2.45, 2.75) is 45.4 Å². The molecule has 1 amide bonds. The molecule has 1 fully saturated rings. The van der Waals surface area contributed by atoms with E-state index in [4.69, 9.17) is 0 Å². The van der Waals surface area contributed by atoms with Crippen LogP contribution in [0.25, 0.3) is 0 Å². The number of nitrogens with zero attached hydrogens (tertiary/aromatic N) is 1. The Labute approximate surface area is 138 Å². The zero-order chi connectivity index (χ0) is 17.0. The summed E-state index contributed by atoms with van der Waals surface area (Å²) in [6, 6.07) is 9.89. The van der Waals surface area contributed by atoms with Crippen molar-refractivity contribution >= 4 is 11.9 Å². The summed E-state index contributed by atoms with van der Waals surface area (Å²) in [4.78, 5) is 26.5. The van der Waals surface area contributed by atoms with E-state index in [0.717, 1.165) is 18.4 Å². The summed E-state index contributed by atoms with van der Waals surface area (Å²) in [7, 11) is 0. The Morgan fingerprint density at radius 3 is 2.30 bits per heavy atom. The van der Waals surface area contributed by atoms with E-state index in [0.29, 0.717) is 19.5 Å². The van der Waals surface area contributed by atoms with Crippen LogP contribution >= 0.6 is 0 Å². The van der Waals surface area contributed by atoms with Crippen molar-refractivity contribution in [1.82, 2.24) is 4.90 Å². The largest absolute Gasteiger partial charge is 0.481 e. The summed E-state index contributed by atoms with van der Waals surface area (Å²) in [5.41, 5.74) is 0.474. The van der Waals surface area contributed by atoms with Crippen molar-refractivity contribution < 1.29 is 14.7 Å². The summed E-state index contributed by atoms with van der Waals surface area (Å²) in [5, 5.41) is 9.35. The molecular weight excluding hydrogens is 290 g/mol. The van der Waals surface area contributed by atoms with E-state index in [1.54, 1.807) is 4.90 Å². The number of aliphatic carboxylic acids is 1. The standard InChI is InChI=1S/C19H27NO3/c1-4-19(5-2,16-9-7-6-8-10-16)18(23)20-12-14(3)11-15(13-20)17(21)22/h6-10,14-15H,4-5,11-13H2,1-3H3,(H,21,22). The molecule has 0 aromatic heterocycles. The minimum atomic E-state index is -0.798. The highest BCUT2D eigenvalue weighted by molar-refractivity contribution is 5.88. The predicted octanol–water partition coefficient (Wildman–Crippen LogP) is 3.31. The summed E-state index contributed by atoms with van der Waals surface area (Å²) >= 11 is 0. The number of rotatable bonds is 5. The number of amides is 1. The molecule has 1 aliphatic rings. The summed E-state index contributed by atoms with van der Waals surface area (Å²) < 4.78 is 0. The molecule has 126 valence electrons. The lowest BCUT2D eigenvalue weighted by molar-refractivity contribution is -0.149. The van der Waals surface area contributed by atoms with Gasteiger partial charge in [-0.15, -0.1) is 0 Å². The van der Waals surface area contributed by atoms with Crippen molar-refractivity contribution in [3.63, 3.8) is 0 Å². The molecule has 1 heterocycles. The Kier molecular flexibility index (Phi) is 5.45. The highest BCUT2D eigenvalue weighted by Gasteiger charge is 2.42. The highest BCUT2D eigenvalue weighted by atomic mass is 16.4. The Morgan fingerprint density at radius 2 is 1.78 bits per heavy atom. The van der Waals surface area contributed by atoms with E-state index in [9.17, 15) is 14.7 Å². The molecular formula is C19H27NO3. The van der Waals surface area contributed by atoms with Crippen LogP contribution in [0.15, 0.2) is 30.3 Å². The van der Waals surface area contributed by atoms with Gasteiger partial charge in [-0.2, -0.15) is 0 Å². The van der Waals surface area contributed by atoms with Gasteiger partial charge >= 0.3 is 5.97 Å². The molecule has 1 N–H and O–H groups in total. The minimum absolute atomic E-state index is 0.0755. The molecule has 0 spiro atoms. The van der Waals surface area contributed by atoms with E-state index in [1.807, 2.05) is 51.1 Å². The molecule has 2 unspecified atom stereocenters. The fourth-order valence-electron chi connectivity index (χ4n) is 3.84. The van der Waals surface area contributed by atoms with Crippen LogP contribution in [0.3, 0.4) is 0 Å². The average molecular weight is 317 g/mol. The van der Waals surface area contributed by atoms with Crippen LogP contribution < -0.4 is 0 Å². The van der Waals surface area contributed by atoms with Gasteiger partial charge in [0.15, 0.2) is 0 Å². The van der Waals surface area contributed by atoms with Crippen molar-refractivity contribution in [3.8, 4) is 0 Å². The van der Waals surface area contributed by atoms with Gasteiger partial charge in [0.1, 0.15) is 0 Å². The minimum Gasteiger partial charge on any atom is -0.481 e. The van der Waals surface area contributed by atoms with Crippen LogP contribution in [-0.2, 0) is 15.0 Å². The lowest BCUT2D eigenvalue weighted by atomic mass is 9.74. The second kappa shape index (κ2) is 7.16. The van der Waals surface area contributed by atoms with Crippen LogP contribution in [0, 0.1) is 11.8 Å². The number of likely N-dealkylation sites (tertiary alicyclic amines) is 1. The van der Waals surface area contributed by atoms with Gasteiger partial charge < -0.3 is 10.0 Å². The lowest BCUT2D eigenvalue weighted by Gasteiger charge is -2.41. The molecule has 0 radical (unpaired) electrons. The van der Waals surface area contributed by atoms with Gasteiger partial charge in [-0.1, -0.05) is 51.1 Å². The van der Waals surface area contributed by atoms with E-state index in [2.05, 4.69) is 0 Å². The van der Waals surface area contributed by atoms with Gasteiger partial charge in [0.05, 0.1) is 11.3 Å². The van der Waals surface area contributed by atoms with E-state index < -0.39 is 17.3 Å². The Balaban J connectivity index is 2.32. The summed E-state index contributed by atoms with van der Waals surface area (Å²) in [6.07, 6.45) is 2.08. The first kappa shape index (κ1) is 17.5. The van der Waals surface area contributed by atoms with Crippen molar-refractivity contribution in [2.24, 2.45) is 11.8 Å². The first-order chi connectivity index (χ1) is 10.9. The zero-order valence-electron chi connectivity index (χ0n) is 14.3. The lowest BCUT2D eigenvalue weighted by Crippen LogP contribution is -2.52. The van der Waals surface area contributed by atoms with Crippen molar-refractivity contribution in [1.29, 1.82) is 0 Å². The molecule has 23 heavy (non-hydrogen) atoms. The number of hydrogen-bond acceptors (Lipinski definition) is 2. The van der Waals surface area contributed by atoms with Crippen molar-refractivity contribution in [2.75, 3.05) is 13.1 Å². The first-order valence-corrected chi connectivity index (χ1v) is 8.52. The third-order valence-electron chi connectivity index (χ3n) is 5.24. The van der Waals surface area contributed by atoms with Crippen LogP contribution in [0.2, 0.25) is 0 Å². The van der Waals surface area contributed by atoms with Crippen LogP contribution in [0.1, 0.15) is 45.6 Å². The number of carboxylic acids is 1. The maximum Gasteiger partial charge on any atom is 0.308 e. The number of piperidine rings is 1.